The monoisotopic (exact) mass is 498 g/mol. The number of nitrogens with zero attached hydrogens (tertiary/aromatic N) is 4. The Kier molecular flexibility index (Phi) is 7.30. The summed E-state index contributed by atoms with van der Waals surface area (Å²) in [5.74, 6) is 0.619. The van der Waals surface area contributed by atoms with E-state index in [0.717, 1.165) is 54.9 Å². The van der Waals surface area contributed by atoms with Gasteiger partial charge in [0.15, 0.2) is 0 Å². The maximum absolute atomic E-state index is 13.2. The number of hydrogen-bond donors (Lipinski definition) is 2. The van der Waals surface area contributed by atoms with E-state index in [9.17, 15) is 15.5 Å². The summed E-state index contributed by atoms with van der Waals surface area (Å²) in [7, 11) is 4.13. The van der Waals surface area contributed by atoms with Crippen LogP contribution < -0.4 is 5.32 Å². The number of carbonyl (C=O) groups excluding carboxylic acids is 1. The molecular formula is C30H38N6O. The van der Waals surface area contributed by atoms with Crippen LogP contribution in [0.1, 0.15) is 71.4 Å². The van der Waals surface area contributed by atoms with Crippen molar-refractivity contribution in [1.82, 2.24) is 14.8 Å². The number of pyridine rings is 1. The summed E-state index contributed by atoms with van der Waals surface area (Å²) in [6, 6.07) is 12.5. The number of anilines is 1. The molecule has 0 spiro atoms. The normalized spacial score (nSPS) is 22.7. The number of aryl methyl sites for hydroxylation is 2. The van der Waals surface area contributed by atoms with Crippen LogP contribution in [0.5, 0.6) is 0 Å². The minimum Gasteiger partial charge on any atom is -0.381 e. The van der Waals surface area contributed by atoms with Gasteiger partial charge in [0, 0.05) is 48.1 Å². The first-order valence-corrected chi connectivity index (χ1v) is 13.7. The molecule has 194 valence electrons. The van der Waals surface area contributed by atoms with Crippen molar-refractivity contribution in [2.45, 2.75) is 64.0 Å². The molecule has 1 amide bonds. The molecule has 1 saturated heterocycles. The summed E-state index contributed by atoms with van der Waals surface area (Å²) in [5.41, 5.74) is 5.60. The van der Waals surface area contributed by atoms with E-state index in [-0.39, 0.29) is 17.9 Å². The standard InChI is InChI=1S/C30H38N6O/c1-19-16-22(9-8-21(19)17-31)33-29(20-6-4-5-7-20)25-11-12-26-24(28(25)32)10-13-27(34-26)30(37)36-15-14-23(18-36)35(2)3/h8-10,13,16,20,23,25,29,32-33H,4-7,11-12,14-15,18H2,1-3H3. The third-order valence-corrected chi connectivity index (χ3v) is 8.75. The van der Waals surface area contributed by atoms with Crippen molar-refractivity contribution >= 4 is 17.3 Å². The first-order valence-electron chi connectivity index (χ1n) is 13.7. The van der Waals surface area contributed by atoms with E-state index in [1.807, 2.05) is 36.1 Å². The molecule has 0 bridgehead atoms. The zero-order valence-corrected chi connectivity index (χ0v) is 22.3. The fourth-order valence-corrected chi connectivity index (χ4v) is 6.50. The van der Waals surface area contributed by atoms with Crippen molar-refractivity contribution < 1.29 is 4.79 Å². The van der Waals surface area contributed by atoms with Gasteiger partial charge in [0.25, 0.3) is 5.91 Å². The topological polar surface area (TPSA) is 96.1 Å². The highest BCUT2D eigenvalue weighted by Gasteiger charge is 2.38. The van der Waals surface area contributed by atoms with Gasteiger partial charge in [0.2, 0.25) is 0 Å². The molecule has 2 aliphatic carbocycles. The van der Waals surface area contributed by atoms with Gasteiger partial charge >= 0.3 is 0 Å². The van der Waals surface area contributed by atoms with Crippen molar-refractivity contribution in [2.75, 3.05) is 32.5 Å². The zero-order chi connectivity index (χ0) is 26.1. The molecule has 3 unspecified atom stereocenters. The van der Waals surface area contributed by atoms with Crippen LogP contribution in [0.2, 0.25) is 0 Å². The molecule has 2 heterocycles. The first-order chi connectivity index (χ1) is 17.9. The second-order valence-corrected chi connectivity index (χ2v) is 11.3. The lowest BCUT2D eigenvalue weighted by Crippen LogP contribution is -2.42. The van der Waals surface area contributed by atoms with E-state index in [1.165, 1.54) is 25.7 Å². The number of benzene rings is 1. The average molecular weight is 499 g/mol. The number of rotatable bonds is 6. The molecule has 37 heavy (non-hydrogen) atoms. The van der Waals surface area contributed by atoms with Crippen molar-refractivity contribution in [3.05, 3.63) is 58.4 Å². The van der Waals surface area contributed by atoms with Crippen LogP contribution in [0.15, 0.2) is 30.3 Å². The fourth-order valence-electron chi connectivity index (χ4n) is 6.50. The van der Waals surface area contributed by atoms with Gasteiger partial charge < -0.3 is 20.5 Å². The third-order valence-electron chi connectivity index (χ3n) is 8.75. The molecule has 2 aromatic rings. The van der Waals surface area contributed by atoms with E-state index in [4.69, 9.17) is 4.98 Å². The lowest BCUT2D eigenvalue weighted by Gasteiger charge is -2.36. The Morgan fingerprint density at radius 2 is 1.97 bits per heavy atom. The maximum atomic E-state index is 13.2. The van der Waals surface area contributed by atoms with Crippen molar-refractivity contribution in [2.24, 2.45) is 11.8 Å². The zero-order valence-electron chi connectivity index (χ0n) is 22.3. The van der Waals surface area contributed by atoms with Crippen molar-refractivity contribution in [3.8, 4) is 6.07 Å². The molecule has 1 saturated carbocycles. The Morgan fingerprint density at radius 1 is 1.19 bits per heavy atom. The number of likely N-dealkylation sites (tertiary alicyclic amines) is 1. The summed E-state index contributed by atoms with van der Waals surface area (Å²) in [6.45, 7) is 3.48. The molecule has 1 aromatic carbocycles. The molecule has 1 aromatic heterocycles. The average Bonchev–Trinajstić information content (AvgIpc) is 3.60. The van der Waals surface area contributed by atoms with Crippen LogP contribution in [-0.4, -0.2) is 65.7 Å². The van der Waals surface area contributed by atoms with Gasteiger partial charge in [-0.15, -0.1) is 0 Å². The van der Waals surface area contributed by atoms with Crippen LogP contribution in [0.4, 0.5) is 5.69 Å². The Labute approximate surface area is 220 Å². The highest BCUT2D eigenvalue weighted by atomic mass is 16.2. The lowest BCUT2D eigenvalue weighted by atomic mass is 9.75. The molecule has 1 aliphatic heterocycles. The molecule has 2 N–H and O–H groups in total. The summed E-state index contributed by atoms with van der Waals surface area (Å²) in [5, 5.41) is 22.3. The molecule has 7 heteroatoms. The third kappa shape index (κ3) is 5.13. The van der Waals surface area contributed by atoms with Crippen LogP contribution >= 0.6 is 0 Å². The summed E-state index contributed by atoms with van der Waals surface area (Å²) >= 11 is 0. The SMILES string of the molecule is Cc1cc(NC(C2CCCC2)C2CCc3nc(C(=O)N4CCC(N(C)C)C4)ccc3C2=N)ccc1C#N. The first kappa shape index (κ1) is 25.4. The second-order valence-electron chi connectivity index (χ2n) is 11.3. The van der Waals surface area contributed by atoms with Gasteiger partial charge in [-0.1, -0.05) is 12.8 Å². The van der Waals surface area contributed by atoms with Gasteiger partial charge in [-0.05, 0) is 94.9 Å². The van der Waals surface area contributed by atoms with Crippen LogP contribution in [0.25, 0.3) is 0 Å². The minimum atomic E-state index is 0.00230. The highest BCUT2D eigenvalue weighted by molar-refractivity contribution is 6.03. The quantitative estimate of drug-likeness (QED) is 0.605. The highest BCUT2D eigenvalue weighted by Crippen LogP contribution is 2.38. The van der Waals surface area contributed by atoms with Crippen LogP contribution in [0, 0.1) is 35.5 Å². The van der Waals surface area contributed by atoms with E-state index < -0.39 is 0 Å². The smallest absolute Gasteiger partial charge is 0.272 e. The van der Waals surface area contributed by atoms with E-state index >= 15 is 0 Å². The number of carbonyl (C=O) groups is 1. The number of amides is 1. The fraction of sp³-hybridized carbons (Fsp3) is 0.533. The molecular weight excluding hydrogens is 460 g/mol. The minimum absolute atomic E-state index is 0.00230. The molecule has 5 rings (SSSR count). The summed E-state index contributed by atoms with van der Waals surface area (Å²) in [6.07, 6.45) is 7.46. The molecule has 0 radical (unpaired) electrons. The Balaban J connectivity index is 1.35. The van der Waals surface area contributed by atoms with Gasteiger partial charge in [-0.25, -0.2) is 4.98 Å². The largest absolute Gasteiger partial charge is 0.381 e. The number of fused-ring (bicyclic) bond motifs is 1. The molecule has 3 atom stereocenters. The Bertz CT molecular complexity index is 1230. The van der Waals surface area contributed by atoms with E-state index in [2.05, 4.69) is 36.4 Å². The summed E-state index contributed by atoms with van der Waals surface area (Å²) < 4.78 is 0. The van der Waals surface area contributed by atoms with Crippen molar-refractivity contribution in [1.29, 1.82) is 10.7 Å². The Morgan fingerprint density at radius 3 is 2.65 bits per heavy atom. The maximum Gasteiger partial charge on any atom is 0.272 e. The van der Waals surface area contributed by atoms with Crippen LogP contribution in [0.3, 0.4) is 0 Å². The predicted molar refractivity (Wildman–Crippen MR) is 146 cm³/mol. The van der Waals surface area contributed by atoms with Gasteiger partial charge in [0.05, 0.1) is 17.3 Å². The van der Waals surface area contributed by atoms with E-state index in [1.54, 1.807) is 0 Å². The van der Waals surface area contributed by atoms with Crippen LogP contribution in [-0.2, 0) is 6.42 Å². The predicted octanol–water partition coefficient (Wildman–Crippen LogP) is 4.64. The lowest BCUT2D eigenvalue weighted by molar-refractivity contribution is 0.0777. The summed E-state index contributed by atoms with van der Waals surface area (Å²) in [4.78, 5) is 22.1. The Hall–Kier alpha value is -3.24. The molecule has 2 fully saturated rings. The van der Waals surface area contributed by atoms with Gasteiger partial charge in [0.1, 0.15) is 5.69 Å². The number of nitrogens with one attached hydrogen (secondary N) is 2. The number of nitriles is 1. The molecule has 3 aliphatic rings. The van der Waals surface area contributed by atoms with Gasteiger partial charge in [-0.3, -0.25) is 4.79 Å². The van der Waals surface area contributed by atoms with E-state index in [0.29, 0.717) is 28.9 Å². The molecule has 7 nitrogen and oxygen atoms in total. The number of likely N-dealkylation sites (N-methyl/N-ethyl adjacent to an activating group) is 1. The number of aromatic nitrogens is 1. The second kappa shape index (κ2) is 10.6. The van der Waals surface area contributed by atoms with Gasteiger partial charge in [-0.2, -0.15) is 5.26 Å². The van der Waals surface area contributed by atoms with Crippen molar-refractivity contribution in [3.63, 3.8) is 0 Å². The number of hydrogen-bond acceptors (Lipinski definition) is 6.